The van der Waals surface area contributed by atoms with Crippen molar-refractivity contribution >= 4 is 23.0 Å². The highest BCUT2D eigenvalue weighted by atomic mass is 32.1. The van der Waals surface area contributed by atoms with Crippen molar-refractivity contribution < 1.29 is 4.74 Å². The zero-order chi connectivity index (χ0) is 12.7. The molecule has 94 valence electrons. The monoisotopic (exact) mass is 252 g/mol. The summed E-state index contributed by atoms with van der Waals surface area (Å²) in [5.41, 5.74) is 0.967. The first-order valence-corrected chi connectivity index (χ1v) is 6.32. The minimum absolute atomic E-state index is 0.438. The maximum Gasteiger partial charge on any atom is 0.170 e. The second-order valence-electron chi connectivity index (χ2n) is 3.84. The Morgan fingerprint density at radius 2 is 1.82 bits per heavy atom. The molecule has 2 N–H and O–H groups in total. The minimum Gasteiger partial charge on any atom is -0.497 e. The topological polar surface area (TPSA) is 33.3 Å². The zero-order valence-electron chi connectivity index (χ0n) is 10.6. The summed E-state index contributed by atoms with van der Waals surface area (Å²) < 4.78 is 5.10. The van der Waals surface area contributed by atoms with E-state index in [2.05, 4.69) is 24.5 Å². The highest BCUT2D eigenvalue weighted by Gasteiger charge is 2.04. The van der Waals surface area contributed by atoms with E-state index in [-0.39, 0.29) is 0 Å². The van der Waals surface area contributed by atoms with Crippen LogP contribution in [0.4, 0.5) is 5.69 Å². The smallest absolute Gasteiger partial charge is 0.170 e. The molecule has 0 saturated heterocycles. The van der Waals surface area contributed by atoms with Crippen LogP contribution in [0.15, 0.2) is 24.3 Å². The van der Waals surface area contributed by atoms with Gasteiger partial charge in [0.15, 0.2) is 5.11 Å². The number of nitrogens with one attached hydrogen (secondary N) is 2. The summed E-state index contributed by atoms with van der Waals surface area (Å²) in [7, 11) is 1.65. The molecule has 0 aliphatic rings. The second kappa shape index (κ2) is 7.12. The Hall–Kier alpha value is -1.29. The van der Waals surface area contributed by atoms with Crippen molar-refractivity contribution in [3.8, 4) is 5.75 Å². The highest BCUT2D eigenvalue weighted by molar-refractivity contribution is 7.80. The molecule has 1 aromatic rings. The van der Waals surface area contributed by atoms with Crippen molar-refractivity contribution in [3.63, 3.8) is 0 Å². The predicted molar refractivity (Wildman–Crippen MR) is 76.7 cm³/mol. The summed E-state index contributed by atoms with van der Waals surface area (Å²) in [6.45, 7) is 4.30. The van der Waals surface area contributed by atoms with Gasteiger partial charge in [-0.1, -0.05) is 13.8 Å². The molecule has 0 amide bonds. The molecule has 1 rings (SSSR count). The van der Waals surface area contributed by atoms with E-state index in [9.17, 15) is 0 Å². The summed E-state index contributed by atoms with van der Waals surface area (Å²) in [6, 6.07) is 8.14. The quantitative estimate of drug-likeness (QED) is 0.789. The lowest BCUT2D eigenvalue weighted by molar-refractivity contribution is 0.415. The molecule has 0 bridgehead atoms. The number of benzene rings is 1. The van der Waals surface area contributed by atoms with Gasteiger partial charge in [-0.05, 0) is 49.3 Å². The molecular weight excluding hydrogens is 232 g/mol. The molecule has 0 radical (unpaired) electrons. The first-order chi connectivity index (χ1) is 8.19. The Morgan fingerprint density at radius 1 is 1.24 bits per heavy atom. The molecule has 0 unspecified atom stereocenters. The van der Waals surface area contributed by atoms with Crippen LogP contribution in [0.1, 0.15) is 26.7 Å². The molecule has 0 fully saturated rings. The molecular formula is C13H20N2OS. The lowest BCUT2D eigenvalue weighted by atomic mass is 10.2. The van der Waals surface area contributed by atoms with Crippen LogP contribution in [0.5, 0.6) is 5.75 Å². The van der Waals surface area contributed by atoms with Crippen molar-refractivity contribution in [2.75, 3.05) is 12.4 Å². The Balaban J connectivity index is 2.49. The number of ether oxygens (including phenoxy) is 1. The number of anilines is 1. The van der Waals surface area contributed by atoms with Gasteiger partial charge in [-0.2, -0.15) is 0 Å². The molecule has 0 atom stereocenters. The molecule has 0 heterocycles. The van der Waals surface area contributed by atoms with Gasteiger partial charge < -0.3 is 15.4 Å². The van der Waals surface area contributed by atoms with E-state index in [1.54, 1.807) is 7.11 Å². The van der Waals surface area contributed by atoms with E-state index in [1.165, 1.54) is 0 Å². The van der Waals surface area contributed by atoms with Gasteiger partial charge in [0.05, 0.1) is 7.11 Å². The lowest BCUT2D eigenvalue weighted by Gasteiger charge is -2.17. The minimum atomic E-state index is 0.438. The van der Waals surface area contributed by atoms with E-state index in [1.807, 2.05) is 24.3 Å². The highest BCUT2D eigenvalue weighted by Crippen LogP contribution is 2.14. The fourth-order valence-electron chi connectivity index (χ4n) is 1.52. The fraction of sp³-hybridized carbons (Fsp3) is 0.462. The summed E-state index contributed by atoms with van der Waals surface area (Å²) in [5, 5.41) is 7.11. The summed E-state index contributed by atoms with van der Waals surface area (Å²) in [6.07, 6.45) is 2.14. The van der Waals surface area contributed by atoms with E-state index >= 15 is 0 Å². The molecule has 0 aliphatic heterocycles. The number of methoxy groups -OCH3 is 1. The first-order valence-electron chi connectivity index (χ1n) is 5.91. The second-order valence-corrected chi connectivity index (χ2v) is 4.25. The van der Waals surface area contributed by atoms with Gasteiger partial charge in [0, 0.05) is 11.7 Å². The Kier molecular flexibility index (Phi) is 5.77. The van der Waals surface area contributed by atoms with E-state index in [0.29, 0.717) is 11.2 Å². The molecule has 0 saturated carbocycles. The van der Waals surface area contributed by atoms with E-state index < -0.39 is 0 Å². The normalized spacial score (nSPS) is 10.1. The Bertz CT molecular complexity index is 347. The van der Waals surface area contributed by atoms with Crippen LogP contribution >= 0.6 is 12.2 Å². The molecule has 0 aliphatic carbocycles. The SMILES string of the molecule is CCC(CC)NC(=S)Nc1ccc(OC)cc1. The van der Waals surface area contributed by atoms with Crippen LogP contribution in [0.25, 0.3) is 0 Å². The average molecular weight is 252 g/mol. The molecule has 4 heteroatoms. The third kappa shape index (κ3) is 4.61. The lowest BCUT2D eigenvalue weighted by Crippen LogP contribution is -2.36. The predicted octanol–water partition coefficient (Wildman–Crippen LogP) is 3.17. The van der Waals surface area contributed by atoms with Crippen LogP contribution in [-0.4, -0.2) is 18.3 Å². The van der Waals surface area contributed by atoms with E-state index in [4.69, 9.17) is 17.0 Å². The number of hydrogen-bond acceptors (Lipinski definition) is 2. The van der Waals surface area contributed by atoms with Crippen molar-refractivity contribution in [1.82, 2.24) is 5.32 Å². The standard InChI is InChI=1S/C13H20N2OS/c1-4-10(5-2)14-13(17)15-11-6-8-12(16-3)9-7-11/h6-10H,4-5H2,1-3H3,(H2,14,15,17). The van der Waals surface area contributed by atoms with Gasteiger partial charge in [-0.25, -0.2) is 0 Å². The summed E-state index contributed by atoms with van der Waals surface area (Å²) >= 11 is 5.25. The van der Waals surface area contributed by atoms with Crippen LogP contribution in [-0.2, 0) is 0 Å². The van der Waals surface area contributed by atoms with Crippen LogP contribution in [0.3, 0.4) is 0 Å². The van der Waals surface area contributed by atoms with Crippen LogP contribution < -0.4 is 15.4 Å². The molecule has 0 aromatic heterocycles. The fourth-order valence-corrected chi connectivity index (χ4v) is 1.80. The maximum atomic E-state index is 5.25. The summed E-state index contributed by atoms with van der Waals surface area (Å²) in [4.78, 5) is 0. The number of rotatable bonds is 5. The number of thiocarbonyl (C=S) groups is 1. The van der Waals surface area contributed by atoms with Crippen molar-refractivity contribution in [2.24, 2.45) is 0 Å². The van der Waals surface area contributed by atoms with Gasteiger partial charge in [-0.15, -0.1) is 0 Å². The Morgan fingerprint density at radius 3 is 2.29 bits per heavy atom. The third-order valence-corrected chi connectivity index (χ3v) is 2.89. The van der Waals surface area contributed by atoms with Crippen LogP contribution in [0.2, 0.25) is 0 Å². The van der Waals surface area contributed by atoms with Crippen molar-refractivity contribution in [2.45, 2.75) is 32.7 Å². The molecule has 0 spiro atoms. The van der Waals surface area contributed by atoms with Gasteiger partial charge >= 0.3 is 0 Å². The van der Waals surface area contributed by atoms with Crippen molar-refractivity contribution in [1.29, 1.82) is 0 Å². The average Bonchev–Trinajstić information content (AvgIpc) is 2.37. The van der Waals surface area contributed by atoms with E-state index in [0.717, 1.165) is 24.3 Å². The first kappa shape index (κ1) is 13.8. The van der Waals surface area contributed by atoms with Gasteiger partial charge in [0.25, 0.3) is 0 Å². The zero-order valence-corrected chi connectivity index (χ0v) is 11.4. The maximum absolute atomic E-state index is 5.25. The largest absolute Gasteiger partial charge is 0.497 e. The van der Waals surface area contributed by atoms with Crippen molar-refractivity contribution in [3.05, 3.63) is 24.3 Å². The molecule has 1 aromatic carbocycles. The summed E-state index contributed by atoms with van der Waals surface area (Å²) in [5.74, 6) is 0.842. The Labute approximate surface area is 109 Å². The molecule has 17 heavy (non-hydrogen) atoms. The molecule has 3 nitrogen and oxygen atoms in total. The number of hydrogen-bond donors (Lipinski definition) is 2. The van der Waals surface area contributed by atoms with Gasteiger partial charge in [0.2, 0.25) is 0 Å². The van der Waals surface area contributed by atoms with Crippen LogP contribution in [0, 0.1) is 0 Å². The third-order valence-electron chi connectivity index (χ3n) is 2.67. The van der Waals surface area contributed by atoms with Gasteiger partial charge in [0.1, 0.15) is 5.75 Å². The van der Waals surface area contributed by atoms with Gasteiger partial charge in [-0.3, -0.25) is 0 Å².